The first-order valence-corrected chi connectivity index (χ1v) is 38.9. The average molecular weight is 1620 g/mol. The Bertz CT molecular complexity index is 4050. The molecule has 0 aliphatic rings. The Morgan fingerprint density at radius 2 is 0.492 bits per heavy atom. The van der Waals surface area contributed by atoms with Gasteiger partial charge in [-0.1, -0.05) is 83.8 Å². The summed E-state index contributed by atoms with van der Waals surface area (Å²) in [6, 6.07) is 46.3. The normalized spacial score (nSPS) is 10.6. The average Bonchev–Trinajstić information content (AvgIpc) is 0.828. The molecular formula is C92H104N2O24. The Morgan fingerprint density at radius 1 is 0.254 bits per heavy atom. The molecule has 0 fully saturated rings. The van der Waals surface area contributed by atoms with Gasteiger partial charge in [-0.25, -0.2) is 19.2 Å². The van der Waals surface area contributed by atoms with Gasteiger partial charge in [-0.2, -0.15) is 0 Å². The Kier molecular flexibility index (Phi) is 46.6. The summed E-state index contributed by atoms with van der Waals surface area (Å²) < 4.78 is 98.8. The van der Waals surface area contributed by atoms with Gasteiger partial charge in [0.15, 0.2) is 0 Å². The minimum atomic E-state index is -0.760. The summed E-state index contributed by atoms with van der Waals surface area (Å²) in [4.78, 5) is 81.3. The molecule has 0 saturated carbocycles. The number of unbranched alkanes of at least 4 members (excludes halogenated alkanes) is 2. The fraction of sp³-hybridized carbons (Fsp3) is 0.391. The van der Waals surface area contributed by atoms with Gasteiger partial charge in [-0.15, -0.1) is 0 Å². The van der Waals surface area contributed by atoms with E-state index in [2.05, 4.69) is 58.0 Å². The molecule has 2 amide bonds. The SMILES string of the molecule is COCCOCCOCCOC(=O)c1cc(NC(=O)CCCCOc2cc(C#Cc3ccc(C#Cc4ccccc4)cc3)c(OCCCCC(=O)Nc3cc(C(=O)OCCOCCOCCOC)cc(C(=O)OCCOCCOCCOC)c3)cc2C#Cc2ccc(C#Cc3ccccc3)cc2)cc(C(=O)OCCOCCOCCOC)c1. The lowest BCUT2D eigenvalue weighted by Gasteiger charge is -2.14. The predicted molar refractivity (Wildman–Crippen MR) is 440 cm³/mol. The summed E-state index contributed by atoms with van der Waals surface area (Å²) in [6.07, 6.45) is 1.52. The van der Waals surface area contributed by atoms with Crippen LogP contribution in [0.4, 0.5) is 11.4 Å². The van der Waals surface area contributed by atoms with E-state index >= 15 is 0 Å². The third-order valence-corrected chi connectivity index (χ3v) is 16.3. The van der Waals surface area contributed by atoms with E-state index in [1.807, 2.05) is 109 Å². The molecule has 26 heteroatoms. The molecular weight excluding hydrogens is 1520 g/mol. The van der Waals surface area contributed by atoms with Gasteiger partial charge in [-0.3, -0.25) is 9.59 Å². The van der Waals surface area contributed by atoms with Crippen molar-refractivity contribution < 1.29 is 114 Å². The van der Waals surface area contributed by atoms with E-state index in [9.17, 15) is 28.8 Å². The standard InChI is InChI=1S/C92H104N2O24/c1-101-39-43-105-47-51-109-55-59-115-89(97)79-63-80(90(98)116-60-56-110-52-48-106-44-40-102-2)66-83(65-79)93-87(95)19-11-13-37-113-85-69-78(36-34-76-31-27-74(28-32-76)24-22-72-17-9-6-10-18-72)86(70-77(85)35-33-75-29-25-73(26-30-75)23-21-71-15-7-5-8-16-71)114-38-14-12-20-88(96)94-84-67-81(91(99)117-61-57-111-53-49-107-45-41-103-3)64-82(68-84)92(100)118-62-58-112-54-50-108-46-42-104-4/h5-10,15-18,25-32,63-70H,11-14,19-20,37-62H2,1-4H3,(H,93,95)(H,94,96). The Labute approximate surface area is 690 Å². The number of anilines is 2. The van der Waals surface area contributed by atoms with Crippen LogP contribution in [-0.2, 0) is 85.4 Å². The molecule has 626 valence electrons. The van der Waals surface area contributed by atoms with Gasteiger partial charge >= 0.3 is 23.9 Å². The van der Waals surface area contributed by atoms with Crippen molar-refractivity contribution in [3.63, 3.8) is 0 Å². The number of rotatable bonds is 54. The maximum Gasteiger partial charge on any atom is 0.338 e. The topological polar surface area (TPSA) is 293 Å². The molecule has 7 aromatic carbocycles. The van der Waals surface area contributed by atoms with Crippen LogP contribution in [0.2, 0.25) is 0 Å². The fourth-order valence-electron chi connectivity index (χ4n) is 10.3. The highest BCUT2D eigenvalue weighted by molar-refractivity contribution is 6.01. The van der Waals surface area contributed by atoms with Crippen molar-refractivity contribution in [2.24, 2.45) is 0 Å². The molecule has 0 bridgehead atoms. The second-order valence-corrected chi connectivity index (χ2v) is 25.5. The van der Waals surface area contributed by atoms with Crippen molar-refractivity contribution in [2.45, 2.75) is 38.5 Å². The summed E-state index contributed by atoms with van der Waals surface area (Å²) >= 11 is 0. The summed E-state index contributed by atoms with van der Waals surface area (Å²) in [5.41, 5.74) is 5.92. The second-order valence-electron chi connectivity index (χ2n) is 25.5. The number of carbonyl (C=O) groups is 6. The Hall–Kier alpha value is -11.3. The molecule has 118 heavy (non-hydrogen) atoms. The van der Waals surface area contributed by atoms with Crippen LogP contribution < -0.4 is 20.1 Å². The van der Waals surface area contributed by atoms with Gasteiger partial charge in [0.2, 0.25) is 11.8 Å². The smallest absolute Gasteiger partial charge is 0.338 e. The molecule has 0 heterocycles. The molecule has 0 atom stereocenters. The van der Waals surface area contributed by atoms with Gasteiger partial charge in [-0.05, 0) is 135 Å². The fourth-order valence-corrected chi connectivity index (χ4v) is 10.3. The maximum absolute atomic E-state index is 13.8. The third-order valence-electron chi connectivity index (χ3n) is 16.3. The number of methoxy groups -OCH3 is 4. The van der Waals surface area contributed by atoms with Crippen LogP contribution in [0.3, 0.4) is 0 Å². The van der Waals surface area contributed by atoms with Crippen molar-refractivity contribution >= 4 is 47.1 Å². The van der Waals surface area contributed by atoms with E-state index in [1.54, 1.807) is 40.6 Å². The lowest BCUT2D eigenvalue weighted by Crippen LogP contribution is -2.17. The molecule has 7 rings (SSSR count). The lowest BCUT2D eigenvalue weighted by atomic mass is 10.1. The molecule has 26 nitrogen and oxygen atoms in total. The second kappa shape index (κ2) is 58.5. The number of hydrogen-bond acceptors (Lipinski definition) is 24. The number of nitrogens with one attached hydrogen (secondary N) is 2. The highest BCUT2D eigenvalue weighted by atomic mass is 16.6. The minimum absolute atomic E-state index is 0.00994. The van der Waals surface area contributed by atoms with Crippen molar-refractivity contribution in [1.82, 2.24) is 0 Å². The van der Waals surface area contributed by atoms with Gasteiger partial charge in [0.25, 0.3) is 0 Å². The van der Waals surface area contributed by atoms with Gasteiger partial charge in [0, 0.05) is 98.2 Å². The van der Waals surface area contributed by atoms with Crippen LogP contribution in [0.15, 0.2) is 158 Å². The number of carbonyl (C=O) groups excluding carboxylic acids is 6. The maximum atomic E-state index is 13.8. The van der Waals surface area contributed by atoms with Crippen molar-refractivity contribution in [2.75, 3.05) is 211 Å². The molecule has 2 N–H and O–H groups in total. The summed E-state index contributed by atoms with van der Waals surface area (Å²) in [7, 11) is 6.31. The van der Waals surface area contributed by atoms with E-state index in [0.717, 1.165) is 22.3 Å². The van der Waals surface area contributed by atoms with Crippen LogP contribution in [0.1, 0.15) is 124 Å². The third kappa shape index (κ3) is 39.6. The van der Waals surface area contributed by atoms with Crippen molar-refractivity contribution in [3.05, 3.63) is 224 Å². The number of amides is 2. The Balaban J connectivity index is 1.07. The zero-order valence-corrected chi connectivity index (χ0v) is 67.4. The molecule has 0 spiro atoms. The van der Waals surface area contributed by atoms with Crippen LogP contribution in [-0.4, -0.2) is 236 Å². The van der Waals surface area contributed by atoms with Crippen LogP contribution in [0, 0.1) is 47.4 Å². The number of hydrogen-bond donors (Lipinski definition) is 2. The number of esters is 4. The van der Waals surface area contributed by atoms with E-state index in [-0.39, 0.29) is 139 Å². The van der Waals surface area contributed by atoms with Crippen LogP contribution in [0.25, 0.3) is 0 Å². The number of ether oxygens (including phenoxy) is 18. The van der Waals surface area contributed by atoms with Gasteiger partial charge in [0.1, 0.15) is 37.9 Å². The highest BCUT2D eigenvalue weighted by Gasteiger charge is 2.20. The molecule has 0 aliphatic heterocycles. The zero-order valence-electron chi connectivity index (χ0n) is 67.4. The molecule has 0 aromatic heterocycles. The van der Waals surface area contributed by atoms with E-state index in [1.165, 1.54) is 36.4 Å². The first kappa shape index (κ1) is 93.9. The summed E-state index contributed by atoms with van der Waals surface area (Å²) in [6.45, 7) is 5.99. The van der Waals surface area contributed by atoms with Gasteiger partial charge in [0.05, 0.1) is 179 Å². The first-order valence-electron chi connectivity index (χ1n) is 38.9. The van der Waals surface area contributed by atoms with E-state index in [0.29, 0.717) is 139 Å². The number of benzene rings is 7. The molecule has 0 aliphatic carbocycles. The predicted octanol–water partition coefficient (Wildman–Crippen LogP) is 11.0. The Morgan fingerprint density at radius 3 is 0.754 bits per heavy atom. The molecule has 0 saturated heterocycles. The van der Waals surface area contributed by atoms with Crippen molar-refractivity contribution in [3.8, 4) is 58.9 Å². The van der Waals surface area contributed by atoms with Crippen molar-refractivity contribution in [1.29, 1.82) is 0 Å². The summed E-state index contributed by atoms with van der Waals surface area (Å²) in [5, 5.41) is 5.66. The zero-order chi connectivity index (χ0) is 83.5. The van der Waals surface area contributed by atoms with Gasteiger partial charge < -0.3 is 95.9 Å². The van der Waals surface area contributed by atoms with Crippen LogP contribution >= 0.6 is 0 Å². The first-order chi connectivity index (χ1) is 57.9. The minimum Gasteiger partial charge on any atom is -0.492 e. The largest absolute Gasteiger partial charge is 0.492 e. The molecule has 0 unspecified atom stereocenters. The lowest BCUT2D eigenvalue weighted by molar-refractivity contribution is -0.117. The summed E-state index contributed by atoms with van der Waals surface area (Å²) in [5.74, 6) is 22.9. The molecule has 0 radical (unpaired) electrons. The van der Waals surface area contributed by atoms with E-state index < -0.39 is 35.7 Å². The molecule has 7 aromatic rings. The van der Waals surface area contributed by atoms with Crippen LogP contribution in [0.5, 0.6) is 11.5 Å². The monoisotopic (exact) mass is 1620 g/mol. The highest BCUT2D eigenvalue weighted by Crippen LogP contribution is 2.30. The van der Waals surface area contributed by atoms with E-state index in [4.69, 9.17) is 85.3 Å². The quantitative estimate of drug-likeness (QED) is 0.0155.